The monoisotopic (exact) mass is 388 g/mol. The first-order valence-electron chi connectivity index (χ1n) is 9.36. The van der Waals surface area contributed by atoms with Crippen LogP contribution in [0.15, 0.2) is 35.5 Å². The Morgan fingerprint density at radius 2 is 1.86 bits per heavy atom. The molecule has 0 fully saturated rings. The zero-order chi connectivity index (χ0) is 20.7. The molecule has 1 aromatic rings. The molecule has 1 aliphatic rings. The molecule has 2 rings (SSSR count). The summed E-state index contributed by atoms with van der Waals surface area (Å²) < 4.78 is 5.18. The molecule has 1 heterocycles. The van der Waals surface area contributed by atoms with Gasteiger partial charge in [-0.2, -0.15) is 0 Å². The molecule has 0 spiro atoms. The van der Waals surface area contributed by atoms with Crippen LogP contribution in [0.3, 0.4) is 0 Å². The first-order valence-corrected chi connectivity index (χ1v) is 9.36. The van der Waals surface area contributed by atoms with Crippen LogP contribution in [0.25, 0.3) is 0 Å². The molecule has 1 aromatic carbocycles. The fourth-order valence-corrected chi connectivity index (χ4v) is 3.13. The number of carbonyl (C=O) groups excluding carboxylic acids is 3. The lowest BCUT2D eigenvalue weighted by Crippen LogP contribution is -2.51. The first-order chi connectivity index (χ1) is 13.4. The van der Waals surface area contributed by atoms with Crippen molar-refractivity contribution in [3.63, 3.8) is 0 Å². The van der Waals surface area contributed by atoms with Gasteiger partial charge in [-0.05, 0) is 38.1 Å². The minimum Gasteiger partial charge on any atom is -0.463 e. The summed E-state index contributed by atoms with van der Waals surface area (Å²) in [6.07, 6.45) is 0.593. The summed E-state index contributed by atoms with van der Waals surface area (Å²) in [5.41, 5.74) is 2.63. The third kappa shape index (κ3) is 5.32. The Labute approximate surface area is 165 Å². The van der Waals surface area contributed by atoms with Gasteiger partial charge in [0, 0.05) is 31.4 Å². The molecule has 0 saturated carbocycles. The van der Waals surface area contributed by atoms with Crippen LogP contribution in [0.2, 0.25) is 0 Å². The van der Waals surface area contributed by atoms with Crippen LogP contribution < -0.4 is 16.0 Å². The number of nitrogens with zero attached hydrogens (tertiary/aromatic N) is 1. The summed E-state index contributed by atoms with van der Waals surface area (Å²) in [5, 5.41) is 8.11. The van der Waals surface area contributed by atoms with E-state index in [9.17, 15) is 14.4 Å². The number of likely N-dealkylation sites (N-methyl/N-ethyl adjacent to an activating group) is 1. The van der Waals surface area contributed by atoms with Gasteiger partial charge in [0.15, 0.2) is 0 Å². The summed E-state index contributed by atoms with van der Waals surface area (Å²) >= 11 is 0. The van der Waals surface area contributed by atoms with E-state index in [0.717, 1.165) is 5.56 Å². The van der Waals surface area contributed by atoms with Gasteiger partial charge in [0.25, 0.3) is 5.91 Å². The number of urea groups is 1. The highest BCUT2D eigenvalue weighted by Crippen LogP contribution is 2.18. The SMILES string of the molecule is CCOC(=O)C1=C(CN(C)Cc2ccc(C(=O)NC)cc2)NC(=O)N[C@H]1CC. The van der Waals surface area contributed by atoms with Crippen molar-refractivity contribution in [2.75, 3.05) is 27.2 Å². The van der Waals surface area contributed by atoms with Gasteiger partial charge in [0.05, 0.1) is 18.2 Å². The number of hydrogen-bond acceptors (Lipinski definition) is 5. The molecule has 8 nitrogen and oxygen atoms in total. The van der Waals surface area contributed by atoms with E-state index in [1.807, 2.05) is 31.0 Å². The van der Waals surface area contributed by atoms with Crippen LogP contribution in [-0.2, 0) is 16.1 Å². The van der Waals surface area contributed by atoms with E-state index in [0.29, 0.717) is 36.3 Å². The Bertz CT molecular complexity index is 758. The van der Waals surface area contributed by atoms with E-state index in [1.54, 1.807) is 26.1 Å². The smallest absolute Gasteiger partial charge is 0.337 e. The zero-order valence-electron chi connectivity index (χ0n) is 16.8. The third-order valence-corrected chi connectivity index (χ3v) is 4.47. The lowest BCUT2D eigenvalue weighted by atomic mass is 10.00. The Hall–Kier alpha value is -2.87. The number of esters is 1. The van der Waals surface area contributed by atoms with Crippen LogP contribution in [0.1, 0.15) is 36.2 Å². The molecule has 0 aromatic heterocycles. The van der Waals surface area contributed by atoms with E-state index < -0.39 is 5.97 Å². The summed E-state index contributed by atoms with van der Waals surface area (Å²) in [6.45, 7) is 4.91. The topological polar surface area (TPSA) is 99.8 Å². The molecule has 1 aliphatic heterocycles. The van der Waals surface area contributed by atoms with Gasteiger partial charge in [-0.1, -0.05) is 19.1 Å². The molecule has 28 heavy (non-hydrogen) atoms. The van der Waals surface area contributed by atoms with Crippen LogP contribution in [0.5, 0.6) is 0 Å². The van der Waals surface area contributed by atoms with Crippen LogP contribution in [-0.4, -0.2) is 56.1 Å². The lowest BCUT2D eigenvalue weighted by molar-refractivity contribution is -0.139. The van der Waals surface area contributed by atoms with E-state index in [4.69, 9.17) is 4.74 Å². The number of amides is 3. The van der Waals surface area contributed by atoms with Crippen molar-refractivity contribution < 1.29 is 19.1 Å². The average Bonchev–Trinajstić information content (AvgIpc) is 2.67. The van der Waals surface area contributed by atoms with Gasteiger partial charge in [-0.25, -0.2) is 9.59 Å². The summed E-state index contributed by atoms with van der Waals surface area (Å²) in [4.78, 5) is 38.0. The highest BCUT2D eigenvalue weighted by atomic mass is 16.5. The summed E-state index contributed by atoms with van der Waals surface area (Å²) in [6, 6.07) is 6.62. The molecule has 152 valence electrons. The predicted molar refractivity (Wildman–Crippen MR) is 106 cm³/mol. The maximum absolute atomic E-state index is 12.4. The standard InChI is InChI=1S/C20H28N4O4/c1-5-15-17(19(26)28-6-2)16(23-20(27)22-15)12-24(4)11-13-7-9-14(10-8-13)18(25)21-3/h7-10,15H,5-6,11-12H2,1-4H3,(H,21,25)(H2,22,23,27)/t15-/m0/s1. The van der Waals surface area contributed by atoms with Crippen LogP contribution in [0.4, 0.5) is 4.79 Å². The second kappa shape index (κ2) is 9.89. The van der Waals surface area contributed by atoms with Crippen molar-refractivity contribution in [2.24, 2.45) is 0 Å². The van der Waals surface area contributed by atoms with Crippen molar-refractivity contribution in [2.45, 2.75) is 32.9 Å². The van der Waals surface area contributed by atoms with Gasteiger partial charge < -0.3 is 20.7 Å². The number of benzene rings is 1. The molecule has 0 aliphatic carbocycles. The number of ether oxygens (including phenoxy) is 1. The van der Waals surface area contributed by atoms with Crippen LogP contribution in [0, 0.1) is 0 Å². The maximum Gasteiger partial charge on any atom is 0.337 e. The van der Waals surface area contributed by atoms with Crippen molar-refractivity contribution in [1.29, 1.82) is 0 Å². The normalized spacial score (nSPS) is 16.5. The average molecular weight is 388 g/mol. The molecule has 0 radical (unpaired) electrons. The van der Waals surface area contributed by atoms with Crippen molar-refractivity contribution in [1.82, 2.24) is 20.9 Å². The zero-order valence-corrected chi connectivity index (χ0v) is 16.8. The maximum atomic E-state index is 12.4. The second-order valence-electron chi connectivity index (χ2n) is 6.62. The molecule has 0 unspecified atom stereocenters. The molecule has 1 atom stereocenters. The summed E-state index contributed by atoms with van der Waals surface area (Å²) in [5.74, 6) is -0.549. The van der Waals surface area contributed by atoms with Gasteiger partial charge in [0.2, 0.25) is 0 Å². The third-order valence-electron chi connectivity index (χ3n) is 4.47. The molecule has 8 heteroatoms. The Morgan fingerprint density at radius 1 is 1.18 bits per heavy atom. The van der Waals surface area contributed by atoms with E-state index in [2.05, 4.69) is 16.0 Å². The van der Waals surface area contributed by atoms with E-state index >= 15 is 0 Å². The van der Waals surface area contributed by atoms with Gasteiger partial charge >= 0.3 is 12.0 Å². The van der Waals surface area contributed by atoms with Gasteiger partial charge in [0.1, 0.15) is 0 Å². The molecule has 3 N–H and O–H groups in total. The fraction of sp³-hybridized carbons (Fsp3) is 0.450. The lowest BCUT2D eigenvalue weighted by Gasteiger charge is -2.30. The predicted octanol–water partition coefficient (Wildman–Crippen LogP) is 1.39. The van der Waals surface area contributed by atoms with Gasteiger partial charge in [-0.15, -0.1) is 0 Å². The molecule has 0 saturated heterocycles. The Kier molecular flexibility index (Phi) is 7.57. The highest BCUT2D eigenvalue weighted by Gasteiger charge is 2.31. The Morgan fingerprint density at radius 3 is 2.43 bits per heavy atom. The fourth-order valence-electron chi connectivity index (χ4n) is 3.13. The molecular formula is C20H28N4O4. The molecule has 3 amide bonds. The molecule has 0 bridgehead atoms. The number of carbonyl (C=O) groups is 3. The molecular weight excluding hydrogens is 360 g/mol. The largest absolute Gasteiger partial charge is 0.463 e. The number of rotatable bonds is 8. The van der Waals surface area contributed by atoms with Crippen molar-refractivity contribution >= 4 is 17.9 Å². The minimum atomic E-state index is -0.416. The van der Waals surface area contributed by atoms with Gasteiger partial charge in [-0.3, -0.25) is 9.69 Å². The first kappa shape index (κ1) is 21.4. The van der Waals surface area contributed by atoms with Crippen LogP contribution >= 0.6 is 0 Å². The summed E-state index contributed by atoms with van der Waals surface area (Å²) in [7, 11) is 3.49. The number of hydrogen-bond donors (Lipinski definition) is 3. The minimum absolute atomic E-state index is 0.132. The van der Waals surface area contributed by atoms with E-state index in [1.165, 1.54) is 0 Å². The highest BCUT2D eigenvalue weighted by molar-refractivity contribution is 5.95. The van der Waals surface area contributed by atoms with E-state index in [-0.39, 0.29) is 24.6 Å². The quantitative estimate of drug-likeness (QED) is 0.585. The van der Waals surface area contributed by atoms with Crippen molar-refractivity contribution in [3.05, 3.63) is 46.7 Å². The van der Waals surface area contributed by atoms with Crippen molar-refractivity contribution in [3.8, 4) is 0 Å². The Balaban J connectivity index is 2.16. The second-order valence-corrected chi connectivity index (χ2v) is 6.62. The number of nitrogens with one attached hydrogen (secondary N) is 3.